The summed E-state index contributed by atoms with van der Waals surface area (Å²) in [5.74, 6) is 0.434. The molecule has 0 radical (unpaired) electrons. The van der Waals surface area contributed by atoms with Gasteiger partial charge in [-0.1, -0.05) is 24.5 Å². The highest BCUT2D eigenvalue weighted by molar-refractivity contribution is 8.90. The van der Waals surface area contributed by atoms with Crippen molar-refractivity contribution in [2.75, 3.05) is 0 Å². The monoisotopic (exact) mass is 267 g/mol. The van der Waals surface area contributed by atoms with Gasteiger partial charge < -0.3 is 4.52 Å². The van der Waals surface area contributed by atoms with Crippen LogP contribution in [0.4, 0.5) is 5.69 Å². The number of hydrogen-bond donors (Lipinski definition) is 2. The van der Waals surface area contributed by atoms with E-state index in [1.807, 2.05) is 0 Å². The molecule has 0 spiro atoms. The molecule has 0 aliphatic rings. The van der Waals surface area contributed by atoms with Crippen LogP contribution in [0.25, 0.3) is 0 Å². The van der Waals surface area contributed by atoms with E-state index in [2.05, 4.69) is 24.5 Å². The van der Waals surface area contributed by atoms with Crippen molar-refractivity contribution in [2.45, 2.75) is 0 Å². The summed E-state index contributed by atoms with van der Waals surface area (Å²) >= 11 is 12.8. The van der Waals surface area contributed by atoms with Crippen molar-refractivity contribution in [1.82, 2.24) is 0 Å². The summed E-state index contributed by atoms with van der Waals surface area (Å²) in [6.45, 7) is 0. The average molecular weight is 267 g/mol. The molecule has 1 aromatic carbocycles. The van der Waals surface area contributed by atoms with Gasteiger partial charge in [-0.05, 0) is 23.9 Å². The Labute approximate surface area is 96.2 Å². The maximum absolute atomic E-state index is 10.3. The van der Waals surface area contributed by atoms with Crippen molar-refractivity contribution in [1.29, 1.82) is 0 Å². The molecule has 0 amide bonds. The molecule has 0 fully saturated rings. The van der Waals surface area contributed by atoms with Crippen LogP contribution in [0.2, 0.25) is 0 Å². The van der Waals surface area contributed by atoms with Crippen LogP contribution in [0.5, 0.6) is 5.75 Å². The van der Waals surface area contributed by atoms with Gasteiger partial charge in [0.05, 0.1) is 4.92 Å². The van der Waals surface area contributed by atoms with E-state index in [4.69, 9.17) is 16.3 Å². The Hall–Kier alpha value is -0.230. The molecule has 14 heavy (non-hydrogen) atoms. The molecule has 76 valence electrons. The van der Waals surface area contributed by atoms with Crippen LogP contribution in [0.15, 0.2) is 24.3 Å². The third kappa shape index (κ3) is 3.88. The van der Waals surface area contributed by atoms with E-state index >= 15 is 0 Å². The molecule has 0 saturated carbocycles. The second kappa shape index (κ2) is 4.53. The fraction of sp³-hybridized carbons (Fsp3) is 0. The molecule has 1 rings (SSSR count). The van der Waals surface area contributed by atoms with Gasteiger partial charge in [-0.3, -0.25) is 10.1 Å². The number of benzene rings is 1. The largest absolute Gasteiger partial charge is 0.449 e. The molecule has 0 heterocycles. The molecule has 0 bridgehead atoms. The molecule has 1 aromatic rings. The predicted octanol–water partition coefficient (Wildman–Crippen LogP) is 3.06. The summed E-state index contributed by atoms with van der Waals surface area (Å²) in [7, 11) is 0. The van der Waals surface area contributed by atoms with Gasteiger partial charge in [-0.25, -0.2) is 0 Å². The Bertz CT molecular complexity index is 388. The second-order valence-corrected chi connectivity index (χ2v) is 11.0. The first kappa shape index (κ1) is 11.8. The van der Waals surface area contributed by atoms with Crippen molar-refractivity contribution in [3.8, 4) is 5.75 Å². The third-order valence-corrected chi connectivity index (χ3v) is 2.43. The number of nitrogens with zero attached hydrogens (tertiary/aromatic N) is 1. The van der Waals surface area contributed by atoms with Crippen molar-refractivity contribution >= 4 is 46.7 Å². The maximum Gasteiger partial charge on any atom is 0.269 e. The molecular formula is C6H6NO3PS3. The third-order valence-electron chi connectivity index (χ3n) is 1.27. The molecule has 8 heteroatoms. The average Bonchev–Trinajstić information content (AvgIpc) is 2.02. The summed E-state index contributed by atoms with van der Waals surface area (Å²) in [6.07, 6.45) is 0. The number of thiol groups is 2. The van der Waals surface area contributed by atoms with Crippen LogP contribution in [0.3, 0.4) is 0 Å². The highest BCUT2D eigenvalue weighted by atomic mass is 33.2. The zero-order valence-electron chi connectivity index (χ0n) is 6.73. The van der Waals surface area contributed by atoms with Crippen LogP contribution >= 0.6 is 29.2 Å². The number of hydrogen-bond acceptors (Lipinski definition) is 4. The van der Waals surface area contributed by atoms with Crippen molar-refractivity contribution in [2.24, 2.45) is 0 Å². The molecule has 4 nitrogen and oxygen atoms in total. The van der Waals surface area contributed by atoms with Gasteiger partial charge in [0.1, 0.15) is 5.75 Å². The van der Waals surface area contributed by atoms with E-state index in [0.717, 1.165) is 0 Å². The van der Waals surface area contributed by atoms with Gasteiger partial charge in [-0.15, -0.1) is 0 Å². The van der Waals surface area contributed by atoms with E-state index in [1.165, 1.54) is 24.3 Å². The molecule has 0 aliphatic carbocycles. The number of nitro benzene ring substituents is 1. The zero-order valence-corrected chi connectivity index (χ0v) is 10.2. The summed E-state index contributed by atoms with van der Waals surface area (Å²) in [4.78, 5) is 9.83. The minimum Gasteiger partial charge on any atom is -0.449 e. The first-order chi connectivity index (χ1) is 6.38. The van der Waals surface area contributed by atoms with E-state index in [-0.39, 0.29) is 5.69 Å². The minimum absolute atomic E-state index is 0.00369. The van der Waals surface area contributed by atoms with Crippen molar-refractivity contribution in [3.05, 3.63) is 34.4 Å². The van der Waals surface area contributed by atoms with Gasteiger partial charge in [-0.2, -0.15) is 0 Å². The molecule has 0 atom stereocenters. The Morgan fingerprint density at radius 3 is 2.21 bits per heavy atom. The molecule has 0 aliphatic heterocycles. The number of nitro groups is 1. The van der Waals surface area contributed by atoms with Crippen molar-refractivity contribution in [3.63, 3.8) is 0 Å². The summed E-state index contributed by atoms with van der Waals surface area (Å²) in [5.41, 5.74) is 0.00369. The quantitative estimate of drug-likeness (QED) is 0.382. The Kier molecular flexibility index (Phi) is 3.83. The molecule has 0 saturated heterocycles. The van der Waals surface area contributed by atoms with Gasteiger partial charge in [0.25, 0.3) is 5.69 Å². The SMILES string of the molecule is O=[N+]([O-])c1ccc(OP(=S)(S)S)cc1. The van der Waals surface area contributed by atoms with E-state index in [9.17, 15) is 10.1 Å². The molecular weight excluding hydrogens is 261 g/mol. The van der Waals surface area contributed by atoms with Crippen LogP contribution < -0.4 is 4.52 Å². The van der Waals surface area contributed by atoms with Crippen molar-refractivity contribution < 1.29 is 9.45 Å². The Morgan fingerprint density at radius 2 is 1.86 bits per heavy atom. The van der Waals surface area contributed by atoms with Gasteiger partial charge in [0, 0.05) is 12.1 Å². The lowest BCUT2D eigenvalue weighted by molar-refractivity contribution is -0.384. The minimum atomic E-state index is -2.37. The Morgan fingerprint density at radius 1 is 1.36 bits per heavy atom. The lowest BCUT2D eigenvalue weighted by Crippen LogP contribution is -1.87. The number of non-ortho nitro benzene ring substituents is 1. The summed E-state index contributed by atoms with van der Waals surface area (Å²) in [6, 6.07) is 5.60. The highest BCUT2D eigenvalue weighted by Gasteiger charge is 2.09. The fourth-order valence-corrected chi connectivity index (χ4v) is 1.99. The summed E-state index contributed by atoms with van der Waals surface area (Å²) < 4.78 is 2.79. The topological polar surface area (TPSA) is 52.4 Å². The van der Waals surface area contributed by atoms with E-state index in [1.54, 1.807) is 0 Å². The van der Waals surface area contributed by atoms with Gasteiger partial charge in [0.15, 0.2) is 0 Å². The lowest BCUT2D eigenvalue weighted by atomic mass is 10.3. The second-order valence-electron chi connectivity index (χ2n) is 2.33. The van der Waals surface area contributed by atoms with Crippen LogP contribution in [0.1, 0.15) is 0 Å². The summed E-state index contributed by atoms with van der Waals surface area (Å²) in [5, 5.41) is 10.3. The fourth-order valence-electron chi connectivity index (χ4n) is 0.766. The van der Waals surface area contributed by atoms with E-state index < -0.39 is 9.59 Å². The standard InChI is InChI=1S/C6H6NO3PS3/c8-7(9)5-1-3-6(4-2-5)10-11(12,13)14/h1-4H,(H2,12,13,14). The first-order valence-corrected chi connectivity index (χ1v) is 8.41. The first-order valence-electron chi connectivity index (χ1n) is 3.38. The molecule has 0 aromatic heterocycles. The van der Waals surface area contributed by atoms with E-state index in [0.29, 0.717) is 5.75 Å². The number of rotatable bonds is 3. The van der Waals surface area contributed by atoms with Gasteiger partial charge >= 0.3 is 0 Å². The molecule has 0 N–H and O–H groups in total. The highest BCUT2D eigenvalue weighted by Crippen LogP contribution is 2.56. The lowest BCUT2D eigenvalue weighted by Gasteiger charge is -2.10. The predicted molar refractivity (Wildman–Crippen MR) is 66.0 cm³/mol. The van der Waals surface area contributed by atoms with Crippen LogP contribution in [0, 0.1) is 10.1 Å². The van der Waals surface area contributed by atoms with Gasteiger partial charge in [0.2, 0.25) is 4.67 Å². The molecule has 0 unspecified atom stereocenters. The Balaban J connectivity index is 2.84. The van der Waals surface area contributed by atoms with Crippen LogP contribution in [-0.4, -0.2) is 4.92 Å². The normalized spacial score (nSPS) is 11.0. The zero-order chi connectivity index (χ0) is 10.8. The maximum atomic E-state index is 10.3. The van der Waals surface area contributed by atoms with Crippen LogP contribution in [-0.2, 0) is 11.8 Å². The smallest absolute Gasteiger partial charge is 0.269 e.